The Morgan fingerprint density at radius 2 is 1.79 bits per heavy atom. The SMILES string of the molecule is O=C1CCC(N2C(=O)c3ccc(CN4CC5CCC(C4)NC5)cc3C2=O)C(=O)N1. The Morgan fingerprint density at radius 1 is 0.966 bits per heavy atom. The van der Waals surface area contributed by atoms with Gasteiger partial charge in [-0.25, -0.2) is 0 Å². The molecule has 0 aromatic heterocycles. The second kappa shape index (κ2) is 7.03. The molecule has 4 amide bonds. The van der Waals surface area contributed by atoms with E-state index in [9.17, 15) is 19.2 Å². The van der Waals surface area contributed by atoms with Crippen LogP contribution < -0.4 is 10.6 Å². The first-order chi connectivity index (χ1) is 14.0. The van der Waals surface area contributed by atoms with Crippen molar-refractivity contribution in [1.29, 1.82) is 0 Å². The molecule has 8 heteroatoms. The van der Waals surface area contributed by atoms with Crippen LogP contribution in [0.4, 0.5) is 0 Å². The first-order valence-corrected chi connectivity index (χ1v) is 10.3. The molecule has 5 aliphatic heterocycles. The van der Waals surface area contributed by atoms with Crippen molar-refractivity contribution >= 4 is 23.6 Å². The topological polar surface area (TPSA) is 98.8 Å². The van der Waals surface area contributed by atoms with Gasteiger partial charge in [-0.2, -0.15) is 0 Å². The number of carbonyl (C=O) groups excluding carboxylic acids is 4. The molecule has 4 saturated heterocycles. The Kier molecular flexibility index (Phi) is 4.48. The third-order valence-electron chi connectivity index (χ3n) is 6.52. The van der Waals surface area contributed by atoms with E-state index < -0.39 is 23.8 Å². The summed E-state index contributed by atoms with van der Waals surface area (Å²) in [6.07, 6.45) is 2.76. The molecule has 29 heavy (non-hydrogen) atoms. The molecule has 0 spiro atoms. The minimum absolute atomic E-state index is 0.125. The summed E-state index contributed by atoms with van der Waals surface area (Å²) in [5.74, 6) is -1.19. The Hall–Kier alpha value is -2.58. The van der Waals surface area contributed by atoms with Crippen LogP contribution in [0.1, 0.15) is 52.0 Å². The molecule has 5 aliphatic rings. The van der Waals surface area contributed by atoms with Gasteiger partial charge in [0, 0.05) is 32.1 Å². The van der Waals surface area contributed by atoms with Crippen molar-refractivity contribution in [2.24, 2.45) is 5.92 Å². The van der Waals surface area contributed by atoms with Gasteiger partial charge in [0.25, 0.3) is 11.8 Å². The zero-order valence-electron chi connectivity index (χ0n) is 16.1. The highest BCUT2D eigenvalue weighted by Crippen LogP contribution is 2.29. The van der Waals surface area contributed by atoms with Gasteiger partial charge in [0.1, 0.15) is 6.04 Å². The van der Waals surface area contributed by atoms with E-state index in [2.05, 4.69) is 15.5 Å². The third-order valence-corrected chi connectivity index (χ3v) is 6.52. The number of benzene rings is 1. The summed E-state index contributed by atoms with van der Waals surface area (Å²) in [5, 5.41) is 5.81. The fourth-order valence-corrected chi connectivity index (χ4v) is 5.04. The smallest absolute Gasteiger partial charge is 0.262 e. The number of piperidine rings is 2. The lowest BCUT2D eigenvalue weighted by Gasteiger charge is -2.27. The number of hydrogen-bond donors (Lipinski definition) is 2. The number of hydrogen-bond acceptors (Lipinski definition) is 6. The van der Waals surface area contributed by atoms with Gasteiger partial charge in [-0.05, 0) is 49.4 Å². The Labute approximate surface area is 168 Å². The summed E-state index contributed by atoms with van der Waals surface area (Å²) in [4.78, 5) is 52.8. The van der Waals surface area contributed by atoms with Crippen LogP contribution in [0.25, 0.3) is 0 Å². The van der Waals surface area contributed by atoms with Crippen LogP contribution in [0.2, 0.25) is 0 Å². The van der Waals surface area contributed by atoms with Gasteiger partial charge in [-0.15, -0.1) is 0 Å². The van der Waals surface area contributed by atoms with Gasteiger partial charge in [0.2, 0.25) is 11.8 Å². The monoisotopic (exact) mass is 396 g/mol. The molecule has 0 saturated carbocycles. The van der Waals surface area contributed by atoms with E-state index in [4.69, 9.17) is 0 Å². The summed E-state index contributed by atoms with van der Waals surface area (Å²) >= 11 is 0. The van der Waals surface area contributed by atoms with Crippen molar-refractivity contribution in [2.45, 2.75) is 44.3 Å². The zero-order valence-corrected chi connectivity index (χ0v) is 16.1. The van der Waals surface area contributed by atoms with E-state index in [1.165, 1.54) is 12.8 Å². The molecule has 8 nitrogen and oxygen atoms in total. The Balaban J connectivity index is 1.35. The van der Waals surface area contributed by atoms with E-state index in [0.717, 1.165) is 36.6 Å². The van der Waals surface area contributed by atoms with Crippen LogP contribution in [-0.4, -0.2) is 65.1 Å². The fourth-order valence-electron chi connectivity index (χ4n) is 5.04. The average Bonchev–Trinajstić information content (AvgIpc) is 2.88. The summed E-state index contributed by atoms with van der Waals surface area (Å²) in [6, 6.07) is 4.99. The van der Waals surface area contributed by atoms with E-state index in [-0.39, 0.29) is 18.7 Å². The van der Waals surface area contributed by atoms with Crippen molar-refractivity contribution in [1.82, 2.24) is 20.4 Å². The molecule has 6 rings (SSSR count). The van der Waals surface area contributed by atoms with E-state index >= 15 is 0 Å². The minimum Gasteiger partial charge on any atom is -0.312 e. The minimum atomic E-state index is -0.921. The van der Waals surface area contributed by atoms with Gasteiger partial charge in [0.05, 0.1) is 11.1 Å². The molecule has 3 atom stereocenters. The number of imide groups is 2. The largest absolute Gasteiger partial charge is 0.312 e. The van der Waals surface area contributed by atoms with E-state index in [1.54, 1.807) is 12.1 Å². The highest BCUT2D eigenvalue weighted by Gasteiger charge is 2.44. The normalized spacial score (nSPS) is 29.8. The lowest BCUT2D eigenvalue weighted by molar-refractivity contribution is -0.136. The molecule has 0 radical (unpaired) electrons. The number of nitrogens with one attached hydrogen (secondary N) is 2. The molecule has 2 N–H and O–H groups in total. The molecule has 0 aliphatic carbocycles. The van der Waals surface area contributed by atoms with Crippen LogP contribution >= 0.6 is 0 Å². The maximum atomic E-state index is 13.0. The van der Waals surface area contributed by atoms with Gasteiger partial charge < -0.3 is 5.32 Å². The quantitative estimate of drug-likeness (QED) is 0.712. The molecule has 5 heterocycles. The first kappa shape index (κ1) is 18.4. The average molecular weight is 396 g/mol. The zero-order chi connectivity index (χ0) is 20.1. The highest BCUT2D eigenvalue weighted by atomic mass is 16.2. The van der Waals surface area contributed by atoms with Gasteiger partial charge in [0.15, 0.2) is 0 Å². The van der Waals surface area contributed by atoms with Gasteiger partial charge >= 0.3 is 0 Å². The lowest BCUT2D eigenvalue weighted by atomic mass is 9.97. The maximum absolute atomic E-state index is 13.0. The van der Waals surface area contributed by atoms with Crippen LogP contribution in [0.5, 0.6) is 0 Å². The number of carbonyl (C=O) groups is 4. The number of nitrogens with zero attached hydrogens (tertiary/aromatic N) is 2. The van der Waals surface area contributed by atoms with Crippen molar-refractivity contribution in [2.75, 3.05) is 19.6 Å². The highest BCUT2D eigenvalue weighted by molar-refractivity contribution is 6.23. The van der Waals surface area contributed by atoms with Crippen LogP contribution in [-0.2, 0) is 16.1 Å². The van der Waals surface area contributed by atoms with Gasteiger partial charge in [-0.3, -0.25) is 34.3 Å². The van der Waals surface area contributed by atoms with E-state index in [1.807, 2.05) is 6.07 Å². The maximum Gasteiger partial charge on any atom is 0.262 e. The second-order valence-corrected chi connectivity index (χ2v) is 8.57. The summed E-state index contributed by atoms with van der Waals surface area (Å²) in [5.41, 5.74) is 1.69. The fraction of sp³-hybridized carbons (Fsp3) is 0.524. The molecule has 1 aromatic rings. The van der Waals surface area contributed by atoms with Crippen LogP contribution in [0.15, 0.2) is 18.2 Å². The molecule has 3 unspecified atom stereocenters. The number of rotatable bonds is 3. The predicted octanol–water partition coefficient (Wildman–Crippen LogP) is 0.272. The van der Waals surface area contributed by atoms with Crippen molar-refractivity contribution in [3.05, 3.63) is 34.9 Å². The van der Waals surface area contributed by atoms with Gasteiger partial charge in [-0.1, -0.05) is 6.07 Å². The standard InChI is InChI=1S/C21H24N4O4/c26-18-6-5-17(19(27)23-18)25-20(28)15-4-2-12(7-16(15)21(25)29)9-24-10-13-1-3-14(11-24)22-8-13/h2,4,7,13-14,17,22H,1,3,5-6,8-11H2,(H,23,26,27). The second-order valence-electron chi connectivity index (χ2n) is 8.57. The number of amides is 4. The van der Waals surface area contributed by atoms with Crippen molar-refractivity contribution < 1.29 is 19.2 Å². The first-order valence-electron chi connectivity index (χ1n) is 10.3. The molecular weight excluding hydrogens is 372 g/mol. The van der Waals surface area contributed by atoms with Crippen molar-refractivity contribution in [3.8, 4) is 0 Å². The number of fused-ring (bicyclic) bond motifs is 5. The molecule has 152 valence electrons. The molecule has 1 aromatic carbocycles. The third kappa shape index (κ3) is 3.26. The summed E-state index contributed by atoms with van der Waals surface area (Å²) < 4.78 is 0. The molecule has 4 fully saturated rings. The predicted molar refractivity (Wildman–Crippen MR) is 103 cm³/mol. The van der Waals surface area contributed by atoms with Crippen LogP contribution in [0.3, 0.4) is 0 Å². The molecule has 2 bridgehead atoms. The Morgan fingerprint density at radius 3 is 2.55 bits per heavy atom. The lowest BCUT2D eigenvalue weighted by Crippen LogP contribution is -2.54. The summed E-state index contributed by atoms with van der Waals surface area (Å²) in [6.45, 7) is 3.83. The Bertz CT molecular complexity index is 892. The van der Waals surface area contributed by atoms with E-state index in [0.29, 0.717) is 23.1 Å². The summed E-state index contributed by atoms with van der Waals surface area (Å²) in [7, 11) is 0. The van der Waals surface area contributed by atoms with Crippen LogP contribution in [0, 0.1) is 5.92 Å². The molecular formula is C21H24N4O4. The van der Waals surface area contributed by atoms with Crippen molar-refractivity contribution in [3.63, 3.8) is 0 Å².